The second-order valence-corrected chi connectivity index (χ2v) is 8.54. The molecule has 2 saturated heterocycles. The largest absolute Gasteiger partial charge is 0.394 e. The quantitative estimate of drug-likeness (QED) is 0.185. The van der Waals surface area contributed by atoms with Crippen LogP contribution in [0.25, 0.3) is 0 Å². The molecule has 9 atom stereocenters. The Balaban J connectivity index is 2.18. The second-order valence-electron chi connectivity index (χ2n) is 5.46. The zero-order chi connectivity index (χ0) is 17.4. The summed E-state index contributed by atoms with van der Waals surface area (Å²) >= 11 is 5.87. The van der Waals surface area contributed by atoms with Gasteiger partial charge in [0.05, 0.1) is 33.3 Å². The van der Waals surface area contributed by atoms with Crippen molar-refractivity contribution in [2.45, 2.75) is 52.6 Å². The Bertz CT molecular complexity index is 403. The number of aliphatic hydroxyl groups is 5. The molecule has 0 saturated carbocycles. The Morgan fingerprint density at radius 2 is 1.65 bits per heavy atom. The van der Waals surface area contributed by atoms with E-state index in [1.807, 2.05) is 67.8 Å². The number of halogens is 3. The van der Waals surface area contributed by atoms with E-state index >= 15 is 0 Å². The van der Waals surface area contributed by atoms with Crippen molar-refractivity contribution in [1.29, 1.82) is 0 Å². The van der Waals surface area contributed by atoms with Crippen molar-refractivity contribution in [2.75, 3.05) is 15.5 Å². The van der Waals surface area contributed by atoms with Gasteiger partial charge in [0.15, 0.2) is 6.29 Å². The number of aliphatic hydroxyl groups excluding tert-OH is 5. The highest BCUT2D eigenvalue weighted by atomic mass is 127. The Hall–Kier alpha value is 1.87. The molecule has 2 heterocycles. The van der Waals surface area contributed by atoms with Crippen LogP contribution >= 0.6 is 67.8 Å². The van der Waals surface area contributed by atoms with E-state index in [1.54, 1.807) is 0 Å². The molecule has 0 amide bonds. The SMILES string of the molecule is OC[C@H]1O[C@H](O[C@]2(CI)O[C@H](CI)[C@@H](O)[C@@H]2O)[C@H](O)[C@@H](O)[C@H]1I. The van der Waals surface area contributed by atoms with Crippen LogP contribution in [0.1, 0.15) is 0 Å². The number of rotatable bonds is 5. The molecule has 0 aliphatic carbocycles. The molecule has 0 aromatic carbocycles. The molecule has 0 aromatic rings. The average molecular weight is 672 g/mol. The van der Waals surface area contributed by atoms with Crippen molar-refractivity contribution >= 4 is 67.8 Å². The minimum absolute atomic E-state index is 0.177. The molecule has 136 valence electrons. The molecule has 0 aromatic heterocycles. The van der Waals surface area contributed by atoms with E-state index < -0.39 is 52.6 Å². The first-order valence-electron chi connectivity index (χ1n) is 6.91. The maximum atomic E-state index is 10.3. The van der Waals surface area contributed by atoms with Crippen molar-refractivity contribution in [3.8, 4) is 0 Å². The van der Waals surface area contributed by atoms with E-state index in [-0.39, 0.29) is 11.0 Å². The molecule has 8 nitrogen and oxygen atoms in total. The summed E-state index contributed by atoms with van der Waals surface area (Å²) < 4.78 is 17.0. The van der Waals surface area contributed by atoms with E-state index in [0.29, 0.717) is 4.43 Å². The van der Waals surface area contributed by atoms with Gasteiger partial charge in [0.1, 0.15) is 18.3 Å². The highest BCUT2D eigenvalue weighted by Crippen LogP contribution is 2.38. The van der Waals surface area contributed by atoms with Gasteiger partial charge in [0, 0.05) is 4.43 Å². The normalized spacial score (nSPS) is 51.1. The summed E-state index contributed by atoms with van der Waals surface area (Å²) in [6.07, 6.45) is -7.62. The van der Waals surface area contributed by atoms with Crippen molar-refractivity contribution in [3.05, 3.63) is 0 Å². The Labute approximate surface area is 174 Å². The third-order valence-electron chi connectivity index (χ3n) is 3.96. The first-order valence-corrected chi connectivity index (χ1v) is 11.2. The molecular formula is C12H19I3O8. The molecule has 2 fully saturated rings. The van der Waals surface area contributed by atoms with E-state index in [9.17, 15) is 25.5 Å². The van der Waals surface area contributed by atoms with Crippen LogP contribution in [0.4, 0.5) is 0 Å². The molecular weight excluding hydrogens is 653 g/mol. The van der Waals surface area contributed by atoms with Crippen LogP contribution in [0.5, 0.6) is 0 Å². The van der Waals surface area contributed by atoms with Gasteiger partial charge in [0.25, 0.3) is 0 Å². The summed E-state index contributed by atoms with van der Waals surface area (Å²) in [6.45, 7) is -0.350. The van der Waals surface area contributed by atoms with Gasteiger partial charge in [-0.1, -0.05) is 67.8 Å². The van der Waals surface area contributed by atoms with Crippen molar-refractivity contribution < 1.29 is 39.7 Å². The molecule has 5 N–H and O–H groups in total. The molecule has 11 heteroatoms. The minimum atomic E-state index is -1.56. The fraction of sp³-hybridized carbons (Fsp3) is 1.00. The predicted molar refractivity (Wildman–Crippen MR) is 104 cm³/mol. The van der Waals surface area contributed by atoms with Crippen LogP contribution in [-0.4, -0.2) is 93.6 Å². The van der Waals surface area contributed by atoms with E-state index in [1.165, 1.54) is 0 Å². The zero-order valence-electron chi connectivity index (χ0n) is 11.8. The van der Waals surface area contributed by atoms with Gasteiger partial charge in [0.2, 0.25) is 5.79 Å². The van der Waals surface area contributed by atoms with Gasteiger partial charge in [-0.2, -0.15) is 0 Å². The fourth-order valence-electron chi connectivity index (χ4n) is 2.56. The number of alkyl halides is 3. The van der Waals surface area contributed by atoms with Gasteiger partial charge < -0.3 is 39.7 Å². The summed E-state index contributed by atoms with van der Waals surface area (Å²) in [5, 5.41) is 50.0. The van der Waals surface area contributed by atoms with Gasteiger partial charge in [-0.3, -0.25) is 0 Å². The zero-order valence-corrected chi connectivity index (χ0v) is 18.3. The third-order valence-corrected chi connectivity index (χ3v) is 7.43. The molecule has 23 heavy (non-hydrogen) atoms. The van der Waals surface area contributed by atoms with Crippen LogP contribution in [0.2, 0.25) is 0 Å². The average Bonchev–Trinajstić information content (AvgIpc) is 2.80. The van der Waals surface area contributed by atoms with Crippen LogP contribution in [-0.2, 0) is 14.2 Å². The molecule has 0 radical (unpaired) electrons. The number of hydrogen-bond acceptors (Lipinski definition) is 8. The number of hydrogen-bond donors (Lipinski definition) is 5. The molecule has 2 aliphatic rings. The first-order chi connectivity index (χ1) is 10.8. The van der Waals surface area contributed by atoms with E-state index in [0.717, 1.165) is 0 Å². The monoisotopic (exact) mass is 672 g/mol. The van der Waals surface area contributed by atoms with Crippen LogP contribution in [0.3, 0.4) is 0 Å². The smallest absolute Gasteiger partial charge is 0.209 e. The lowest BCUT2D eigenvalue weighted by Gasteiger charge is -2.43. The molecule has 0 bridgehead atoms. The summed E-state index contributed by atoms with van der Waals surface area (Å²) in [7, 11) is 0. The van der Waals surface area contributed by atoms with Crippen LogP contribution in [0, 0.1) is 0 Å². The minimum Gasteiger partial charge on any atom is -0.394 e. The van der Waals surface area contributed by atoms with Crippen LogP contribution < -0.4 is 0 Å². The molecule has 2 aliphatic heterocycles. The fourth-order valence-corrected chi connectivity index (χ4v) is 4.89. The first kappa shape index (κ1) is 21.2. The topological polar surface area (TPSA) is 129 Å². The lowest BCUT2D eigenvalue weighted by Crippen LogP contribution is -2.61. The lowest BCUT2D eigenvalue weighted by molar-refractivity contribution is -0.355. The Morgan fingerprint density at radius 3 is 2.13 bits per heavy atom. The summed E-state index contributed by atoms with van der Waals surface area (Å²) in [6, 6.07) is 0. The third kappa shape index (κ3) is 4.08. The second kappa shape index (κ2) is 8.71. The Kier molecular flexibility index (Phi) is 8.01. The highest BCUT2D eigenvalue weighted by molar-refractivity contribution is 14.1. The van der Waals surface area contributed by atoms with Gasteiger partial charge in [-0.25, -0.2) is 0 Å². The standard InChI is InChI=1S/C12H19I3O8/c13-1-4-7(17)10(20)12(3-14,22-4)23-11-9(19)8(18)6(15)5(2-16)21-11/h4-11,16-20H,1-3H2/t4-,5-,6+,7-,8+,9-,10+,11-,12+/m1/s1. The maximum absolute atomic E-state index is 10.3. The highest BCUT2D eigenvalue weighted by Gasteiger charge is 2.57. The molecule has 2 rings (SSSR count). The maximum Gasteiger partial charge on any atom is 0.209 e. The lowest BCUT2D eigenvalue weighted by atomic mass is 10.0. The van der Waals surface area contributed by atoms with Gasteiger partial charge in [-0.05, 0) is 0 Å². The van der Waals surface area contributed by atoms with Crippen LogP contribution in [0.15, 0.2) is 0 Å². The van der Waals surface area contributed by atoms with Crippen molar-refractivity contribution in [1.82, 2.24) is 0 Å². The Morgan fingerprint density at radius 1 is 1.00 bits per heavy atom. The van der Waals surface area contributed by atoms with Gasteiger partial charge >= 0.3 is 0 Å². The van der Waals surface area contributed by atoms with E-state index in [2.05, 4.69) is 0 Å². The van der Waals surface area contributed by atoms with Crippen molar-refractivity contribution in [3.63, 3.8) is 0 Å². The number of ether oxygens (including phenoxy) is 3. The molecule has 0 spiro atoms. The van der Waals surface area contributed by atoms with E-state index in [4.69, 9.17) is 14.2 Å². The summed E-state index contributed by atoms with van der Waals surface area (Å²) in [4.78, 5) is 0. The molecule has 0 unspecified atom stereocenters. The predicted octanol–water partition coefficient (Wildman–Crippen LogP) is -1.07. The van der Waals surface area contributed by atoms with Crippen molar-refractivity contribution in [2.24, 2.45) is 0 Å². The summed E-state index contributed by atoms with van der Waals surface area (Å²) in [5.74, 6) is -1.56. The summed E-state index contributed by atoms with van der Waals surface area (Å²) in [5.41, 5.74) is 0. The van der Waals surface area contributed by atoms with Gasteiger partial charge in [-0.15, -0.1) is 0 Å².